The summed E-state index contributed by atoms with van der Waals surface area (Å²) in [6, 6.07) is 5.79. The maximum Gasteiger partial charge on any atom is 0.236 e. The van der Waals surface area contributed by atoms with Gasteiger partial charge in [-0.3, -0.25) is 4.79 Å². The summed E-state index contributed by atoms with van der Waals surface area (Å²) in [6.07, 6.45) is 0. The Bertz CT molecular complexity index is 390. The molecule has 102 valence electrons. The molecule has 18 heavy (non-hydrogen) atoms. The predicted octanol–water partition coefficient (Wildman–Crippen LogP) is 1.99. The van der Waals surface area contributed by atoms with Crippen LogP contribution in [0, 0.1) is 5.82 Å². The standard InChI is InChI=1S/C13H19FN2O.ClH/c1-9(15)12(17)16-8-13(2,3)10-4-6-11(14)7-5-10;/h4-7,9H,8,15H2,1-3H3,(H,16,17);1H/t9-;/m0./s1. The van der Waals surface area contributed by atoms with Gasteiger partial charge in [-0.15, -0.1) is 12.4 Å². The molecule has 0 aliphatic heterocycles. The molecule has 3 N–H and O–H groups in total. The molecule has 1 amide bonds. The fourth-order valence-electron chi connectivity index (χ4n) is 1.47. The van der Waals surface area contributed by atoms with Crippen molar-refractivity contribution < 1.29 is 9.18 Å². The Balaban J connectivity index is 0.00000289. The third-order valence-corrected chi connectivity index (χ3v) is 2.74. The van der Waals surface area contributed by atoms with Gasteiger partial charge in [-0.2, -0.15) is 0 Å². The molecule has 0 aromatic heterocycles. The quantitative estimate of drug-likeness (QED) is 0.882. The van der Waals surface area contributed by atoms with E-state index in [2.05, 4.69) is 5.32 Å². The number of rotatable bonds is 4. The van der Waals surface area contributed by atoms with Crippen molar-refractivity contribution in [2.45, 2.75) is 32.2 Å². The lowest BCUT2D eigenvalue weighted by Gasteiger charge is -2.26. The van der Waals surface area contributed by atoms with E-state index in [-0.39, 0.29) is 29.5 Å². The Labute approximate surface area is 113 Å². The number of hydrogen-bond donors (Lipinski definition) is 2. The lowest BCUT2D eigenvalue weighted by Crippen LogP contribution is -2.43. The molecule has 0 radical (unpaired) electrons. The molecule has 1 rings (SSSR count). The van der Waals surface area contributed by atoms with Crippen LogP contribution in [0.5, 0.6) is 0 Å². The zero-order chi connectivity index (χ0) is 13.1. The number of amides is 1. The van der Waals surface area contributed by atoms with Crippen LogP contribution >= 0.6 is 12.4 Å². The molecule has 0 bridgehead atoms. The van der Waals surface area contributed by atoms with E-state index in [0.29, 0.717) is 6.54 Å². The molecular formula is C13H20ClFN2O. The molecule has 0 saturated carbocycles. The van der Waals surface area contributed by atoms with Gasteiger partial charge in [0.1, 0.15) is 5.82 Å². The van der Waals surface area contributed by atoms with E-state index >= 15 is 0 Å². The molecule has 0 saturated heterocycles. The van der Waals surface area contributed by atoms with Gasteiger partial charge in [0.15, 0.2) is 0 Å². The van der Waals surface area contributed by atoms with Crippen molar-refractivity contribution in [1.29, 1.82) is 0 Å². The molecule has 1 atom stereocenters. The number of nitrogens with one attached hydrogen (secondary N) is 1. The third-order valence-electron chi connectivity index (χ3n) is 2.74. The normalized spacial score (nSPS) is 12.5. The van der Waals surface area contributed by atoms with Gasteiger partial charge in [0.2, 0.25) is 5.91 Å². The average Bonchev–Trinajstić information content (AvgIpc) is 2.26. The van der Waals surface area contributed by atoms with Gasteiger partial charge in [0.25, 0.3) is 0 Å². The van der Waals surface area contributed by atoms with Crippen LogP contribution in [0.15, 0.2) is 24.3 Å². The highest BCUT2D eigenvalue weighted by Gasteiger charge is 2.22. The van der Waals surface area contributed by atoms with E-state index < -0.39 is 6.04 Å². The van der Waals surface area contributed by atoms with E-state index in [1.807, 2.05) is 13.8 Å². The summed E-state index contributed by atoms with van der Waals surface area (Å²) >= 11 is 0. The number of carbonyl (C=O) groups is 1. The Morgan fingerprint density at radius 2 is 1.89 bits per heavy atom. The maximum absolute atomic E-state index is 12.8. The second kappa shape index (κ2) is 6.71. The lowest BCUT2D eigenvalue weighted by molar-refractivity contribution is -0.122. The first kappa shape index (κ1) is 16.9. The minimum atomic E-state index is -0.515. The molecule has 1 aromatic carbocycles. The number of hydrogen-bond acceptors (Lipinski definition) is 2. The summed E-state index contributed by atoms with van der Waals surface area (Å²) in [5.74, 6) is -0.440. The average molecular weight is 275 g/mol. The largest absolute Gasteiger partial charge is 0.354 e. The van der Waals surface area contributed by atoms with E-state index in [4.69, 9.17) is 5.73 Å². The van der Waals surface area contributed by atoms with Gasteiger partial charge < -0.3 is 11.1 Å². The Hall–Kier alpha value is -1.13. The maximum atomic E-state index is 12.8. The summed E-state index contributed by atoms with van der Waals surface area (Å²) < 4.78 is 12.8. The molecule has 1 aromatic rings. The Morgan fingerprint density at radius 1 is 1.39 bits per heavy atom. The third kappa shape index (κ3) is 4.63. The highest BCUT2D eigenvalue weighted by molar-refractivity contribution is 5.85. The molecule has 0 unspecified atom stereocenters. The van der Waals surface area contributed by atoms with Crippen molar-refractivity contribution >= 4 is 18.3 Å². The number of halogens is 2. The first-order valence-corrected chi connectivity index (χ1v) is 5.62. The summed E-state index contributed by atoms with van der Waals surface area (Å²) in [5.41, 5.74) is 6.19. The van der Waals surface area contributed by atoms with Crippen LogP contribution in [0.1, 0.15) is 26.3 Å². The second-order valence-electron chi connectivity index (χ2n) is 4.90. The molecule has 5 heteroatoms. The fourth-order valence-corrected chi connectivity index (χ4v) is 1.47. The van der Waals surface area contributed by atoms with Gasteiger partial charge in [-0.25, -0.2) is 4.39 Å². The molecule has 0 aliphatic rings. The van der Waals surface area contributed by atoms with Crippen LogP contribution in [-0.2, 0) is 10.2 Å². The van der Waals surface area contributed by atoms with Crippen molar-refractivity contribution in [3.63, 3.8) is 0 Å². The fraction of sp³-hybridized carbons (Fsp3) is 0.462. The van der Waals surface area contributed by atoms with Gasteiger partial charge in [0, 0.05) is 12.0 Å². The first-order valence-electron chi connectivity index (χ1n) is 5.62. The highest BCUT2D eigenvalue weighted by atomic mass is 35.5. The van der Waals surface area contributed by atoms with Gasteiger partial charge in [-0.1, -0.05) is 26.0 Å². The first-order chi connectivity index (χ1) is 7.83. The zero-order valence-electron chi connectivity index (χ0n) is 10.9. The number of carbonyl (C=O) groups excluding carboxylic acids is 1. The smallest absolute Gasteiger partial charge is 0.236 e. The minimum absolute atomic E-state index is 0. The van der Waals surface area contributed by atoms with Crippen molar-refractivity contribution in [2.75, 3.05) is 6.54 Å². The molecule has 0 spiro atoms. The summed E-state index contributed by atoms with van der Waals surface area (Å²) in [7, 11) is 0. The Kier molecular flexibility index (Phi) is 6.29. The van der Waals surface area contributed by atoms with E-state index in [9.17, 15) is 9.18 Å². The van der Waals surface area contributed by atoms with Crippen LogP contribution in [0.4, 0.5) is 4.39 Å². The Morgan fingerprint density at radius 3 is 2.33 bits per heavy atom. The van der Waals surface area contributed by atoms with Gasteiger partial charge >= 0.3 is 0 Å². The molecule has 0 heterocycles. The van der Waals surface area contributed by atoms with Crippen molar-refractivity contribution in [3.8, 4) is 0 Å². The zero-order valence-corrected chi connectivity index (χ0v) is 11.7. The monoisotopic (exact) mass is 274 g/mol. The van der Waals surface area contributed by atoms with E-state index in [0.717, 1.165) is 5.56 Å². The second-order valence-corrected chi connectivity index (χ2v) is 4.90. The molecule has 0 fully saturated rings. The van der Waals surface area contributed by atoms with Crippen LogP contribution in [-0.4, -0.2) is 18.5 Å². The van der Waals surface area contributed by atoms with Crippen molar-refractivity contribution in [1.82, 2.24) is 5.32 Å². The molecule has 0 aliphatic carbocycles. The van der Waals surface area contributed by atoms with Gasteiger partial charge in [0.05, 0.1) is 6.04 Å². The predicted molar refractivity (Wildman–Crippen MR) is 73.3 cm³/mol. The SMILES string of the molecule is C[C@H](N)C(=O)NCC(C)(C)c1ccc(F)cc1.Cl. The van der Waals surface area contributed by atoms with Crippen molar-refractivity contribution in [2.24, 2.45) is 5.73 Å². The van der Waals surface area contributed by atoms with Crippen LogP contribution < -0.4 is 11.1 Å². The summed E-state index contributed by atoms with van der Waals surface area (Å²) in [6.45, 7) is 6.09. The van der Waals surface area contributed by atoms with Crippen LogP contribution in [0.2, 0.25) is 0 Å². The topological polar surface area (TPSA) is 55.1 Å². The van der Waals surface area contributed by atoms with Crippen molar-refractivity contribution in [3.05, 3.63) is 35.6 Å². The molecular weight excluding hydrogens is 255 g/mol. The highest BCUT2D eigenvalue weighted by Crippen LogP contribution is 2.22. The summed E-state index contributed by atoms with van der Waals surface area (Å²) in [5, 5.41) is 2.78. The van der Waals surface area contributed by atoms with E-state index in [1.165, 1.54) is 12.1 Å². The minimum Gasteiger partial charge on any atom is -0.354 e. The van der Waals surface area contributed by atoms with Crippen LogP contribution in [0.3, 0.4) is 0 Å². The van der Waals surface area contributed by atoms with Crippen LogP contribution in [0.25, 0.3) is 0 Å². The van der Waals surface area contributed by atoms with Gasteiger partial charge in [-0.05, 0) is 24.6 Å². The lowest BCUT2D eigenvalue weighted by atomic mass is 9.84. The number of benzene rings is 1. The number of nitrogens with two attached hydrogens (primary N) is 1. The molecule has 3 nitrogen and oxygen atoms in total. The summed E-state index contributed by atoms with van der Waals surface area (Å²) in [4.78, 5) is 11.4. The van der Waals surface area contributed by atoms with E-state index in [1.54, 1.807) is 19.1 Å².